The summed E-state index contributed by atoms with van der Waals surface area (Å²) in [5, 5.41) is 2.17. The molecule has 80 valence electrons. The first-order valence-electron chi connectivity index (χ1n) is 4.85. The second-order valence-electron chi connectivity index (χ2n) is 3.61. The summed E-state index contributed by atoms with van der Waals surface area (Å²) < 4.78 is 5.07. The lowest BCUT2D eigenvalue weighted by Gasteiger charge is -2.29. The van der Waals surface area contributed by atoms with E-state index in [1.807, 2.05) is 0 Å². The maximum absolute atomic E-state index is 5.07. The second kappa shape index (κ2) is 8.25. The largest absolute Gasteiger partial charge is 0.385 e. The Hall–Kier alpha value is 0.920. The maximum atomic E-state index is 5.07. The normalized spacial score (nSPS) is 12.0. The Morgan fingerprint density at radius 1 is 1.15 bits per heavy atom. The molecule has 0 fully saturated rings. The van der Waals surface area contributed by atoms with E-state index in [1.54, 1.807) is 7.11 Å². The smallest absolute Gasteiger partial charge is 0.0462 e. The third kappa shape index (κ3) is 5.38. The van der Waals surface area contributed by atoms with Crippen molar-refractivity contribution in [3.63, 3.8) is 0 Å². The van der Waals surface area contributed by atoms with Gasteiger partial charge in [-0.25, -0.2) is 0 Å². The molecule has 1 nitrogen and oxygen atoms in total. The number of ether oxygens (including phenoxy) is 1. The number of halogens is 2. The first kappa shape index (κ1) is 13.9. The first-order valence-corrected chi connectivity index (χ1v) is 7.10. The highest BCUT2D eigenvalue weighted by atomic mass is 79.9. The molecule has 0 rings (SSSR count). The Kier molecular flexibility index (Phi) is 8.83. The maximum Gasteiger partial charge on any atom is 0.0462 e. The fourth-order valence-corrected chi connectivity index (χ4v) is 3.60. The van der Waals surface area contributed by atoms with E-state index in [4.69, 9.17) is 4.74 Å². The van der Waals surface area contributed by atoms with Gasteiger partial charge >= 0.3 is 0 Å². The fraction of sp³-hybridized carbons (Fsp3) is 1.00. The second-order valence-corrected chi connectivity index (χ2v) is 4.74. The molecule has 0 aromatic heterocycles. The van der Waals surface area contributed by atoms with Gasteiger partial charge < -0.3 is 4.74 Å². The monoisotopic (exact) mass is 314 g/mol. The Balaban J connectivity index is 3.89. The van der Waals surface area contributed by atoms with Crippen molar-refractivity contribution in [3.05, 3.63) is 0 Å². The van der Waals surface area contributed by atoms with E-state index in [9.17, 15) is 0 Å². The Bertz CT molecular complexity index is 113. The van der Waals surface area contributed by atoms with Gasteiger partial charge in [-0.3, -0.25) is 0 Å². The third-order valence-corrected chi connectivity index (χ3v) is 4.78. The molecule has 0 aromatic carbocycles. The summed E-state index contributed by atoms with van der Waals surface area (Å²) in [4.78, 5) is 0. The summed E-state index contributed by atoms with van der Waals surface area (Å²) in [6.45, 7) is 3.13. The van der Waals surface area contributed by atoms with Crippen molar-refractivity contribution >= 4 is 31.9 Å². The Labute approximate surface area is 98.9 Å². The van der Waals surface area contributed by atoms with Gasteiger partial charge in [0.2, 0.25) is 0 Å². The molecule has 13 heavy (non-hydrogen) atoms. The van der Waals surface area contributed by atoms with E-state index in [1.165, 1.54) is 19.3 Å². The molecule has 0 bridgehead atoms. The quantitative estimate of drug-likeness (QED) is 0.486. The summed E-state index contributed by atoms with van der Waals surface area (Å²) in [5.41, 5.74) is 0.438. The summed E-state index contributed by atoms with van der Waals surface area (Å²) in [5.74, 6) is 0. The van der Waals surface area contributed by atoms with Crippen LogP contribution in [-0.4, -0.2) is 24.4 Å². The molecule has 0 heterocycles. The van der Waals surface area contributed by atoms with Gasteiger partial charge in [0.05, 0.1) is 0 Å². The highest BCUT2D eigenvalue weighted by Crippen LogP contribution is 2.33. The van der Waals surface area contributed by atoms with Gasteiger partial charge in [-0.2, -0.15) is 0 Å². The van der Waals surface area contributed by atoms with E-state index in [0.29, 0.717) is 5.41 Å². The van der Waals surface area contributed by atoms with Crippen LogP contribution >= 0.6 is 31.9 Å². The molecular weight excluding hydrogens is 296 g/mol. The molecule has 0 aromatic rings. The van der Waals surface area contributed by atoms with E-state index >= 15 is 0 Å². The number of hydrogen-bond donors (Lipinski definition) is 0. The van der Waals surface area contributed by atoms with Gasteiger partial charge in [0.1, 0.15) is 0 Å². The highest BCUT2D eigenvalue weighted by molar-refractivity contribution is 9.09. The number of alkyl halides is 2. The van der Waals surface area contributed by atoms with Crippen LogP contribution in [-0.2, 0) is 4.74 Å². The number of hydrogen-bond acceptors (Lipinski definition) is 1. The Morgan fingerprint density at radius 2 is 1.77 bits per heavy atom. The molecule has 0 aliphatic rings. The third-order valence-electron chi connectivity index (χ3n) is 2.40. The standard InChI is InChI=1S/C10H20Br2O/c1-3-5-10(8-11,9-12)6-4-7-13-2/h3-9H2,1-2H3. The average molecular weight is 316 g/mol. The fourth-order valence-electron chi connectivity index (χ4n) is 1.55. The minimum absolute atomic E-state index is 0.438. The van der Waals surface area contributed by atoms with E-state index in [2.05, 4.69) is 38.8 Å². The predicted octanol–water partition coefficient (Wildman–Crippen LogP) is 3.99. The van der Waals surface area contributed by atoms with Crippen molar-refractivity contribution in [1.82, 2.24) is 0 Å². The zero-order valence-electron chi connectivity index (χ0n) is 8.61. The van der Waals surface area contributed by atoms with Gasteiger partial charge in [-0.15, -0.1) is 0 Å². The minimum Gasteiger partial charge on any atom is -0.385 e. The summed E-state index contributed by atoms with van der Waals surface area (Å²) >= 11 is 7.23. The van der Waals surface area contributed by atoms with Crippen LogP contribution in [0.25, 0.3) is 0 Å². The molecule has 0 N–H and O–H groups in total. The average Bonchev–Trinajstić information content (AvgIpc) is 2.17. The summed E-state index contributed by atoms with van der Waals surface area (Å²) in [7, 11) is 1.77. The molecule has 0 unspecified atom stereocenters. The molecule has 0 saturated heterocycles. The van der Waals surface area contributed by atoms with Crippen LogP contribution in [0.3, 0.4) is 0 Å². The van der Waals surface area contributed by atoms with Crippen LogP contribution in [0.2, 0.25) is 0 Å². The molecule has 3 heteroatoms. The van der Waals surface area contributed by atoms with Gasteiger partial charge in [0, 0.05) is 24.4 Å². The van der Waals surface area contributed by atoms with Crippen LogP contribution in [0.5, 0.6) is 0 Å². The molecule has 0 aliphatic carbocycles. The SMILES string of the molecule is CCCC(CBr)(CBr)CCCOC. The van der Waals surface area contributed by atoms with Gasteiger partial charge in [0.15, 0.2) is 0 Å². The molecule has 0 aliphatic heterocycles. The summed E-state index contributed by atoms with van der Waals surface area (Å²) in [6, 6.07) is 0. The van der Waals surface area contributed by atoms with E-state index in [-0.39, 0.29) is 0 Å². The first-order chi connectivity index (χ1) is 6.24. The van der Waals surface area contributed by atoms with Gasteiger partial charge in [0.25, 0.3) is 0 Å². The van der Waals surface area contributed by atoms with Crippen molar-refractivity contribution < 1.29 is 4.74 Å². The van der Waals surface area contributed by atoms with Crippen molar-refractivity contribution in [2.75, 3.05) is 24.4 Å². The van der Waals surface area contributed by atoms with Crippen molar-refractivity contribution in [1.29, 1.82) is 0 Å². The zero-order valence-corrected chi connectivity index (χ0v) is 11.8. The van der Waals surface area contributed by atoms with Crippen molar-refractivity contribution in [2.24, 2.45) is 5.41 Å². The van der Waals surface area contributed by atoms with Crippen LogP contribution in [0.4, 0.5) is 0 Å². The number of methoxy groups -OCH3 is 1. The van der Waals surface area contributed by atoms with Crippen LogP contribution < -0.4 is 0 Å². The molecule has 0 radical (unpaired) electrons. The lowest BCUT2D eigenvalue weighted by molar-refractivity contribution is 0.175. The zero-order chi connectivity index (χ0) is 10.2. The molecular formula is C10H20Br2O. The lowest BCUT2D eigenvalue weighted by Crippen LogP contribution is -2.25. The predicted molar refractivity (Wildman–Crippen MR) is 66.0 cm³/mol. The molecule has 0 spiro atoms. The lowest BCUT2D eigenvalue weighted by atomic mass is 9.83. The van der Waals surface area contributed by atoms with Crippen LogP contribution in [0, 0.1) is 5.41 Å². The topological polar surface area (TPSA) is 9.23 Å². The van der Waals surface area contributed by atoms with Crippen molar-refractivity contribution in [2.45, 2.75) is 32.6 Å². The highest BCUT2D eigenvalue weighted by Gasteiger charge is 2.25. The van der Waals surface area contributed by atoms with E-state index < -0.39 is 0 Å². The molecule has 0 atom stereocenters. The number of rotatable bonds is 8. The van der Waals surface area contributed by atoms with Crippen LogP contribution in [0.15, 0.2) is 0 Å². The Morgan fingerprint density at radius 3 is 2.15 bits per heavy atom. The van der Waals surface area contributed by atoms with Crippen molar-refractivity contribution in [3.8, 4) is 0 Å². The van der Waals surface area contributed by atoms with Gasteiger partial charge in [-0.1, -0.05) is 45.2 Å². The summed E-state index contributed by atoms with van der Waals surface area (Å²) in [6.07, 6.45) is 4.94. The van der Waals surface area contributed by atoms with Gasteiger partial charge in [-0.05, 0) is 24.7 Å². The van der Waals surface area contributed by atoms with Crippen LogP contribution in [0.1, 0.15) is 32.6 Å². The molecule has 0 amide bonds. The van der Waals surface area contributed by atoms with E-state index in [0.717, 1.165) is 23.7 Å². The minimum atomic E-state index is 0.438. The molecule has 0 saturated carbocycles.